The van der Waals surface area contributed by atoms with E-state index in [1.807, 2.05) is 27.7 Å². The third-order valence-electron chi connectivity index (χ3n) is 6.25. The number of aromatic nitrogens is 1. The average molecular weight is 540 g/mol. The van der Waals surface area contributed by atoms with Gasteiger partial charge in [-0.1, -0.05) is 18.2 Å². The Morgan fingerprint density at radius 2 is 1.90 bits per heavy atom. The van der Waals surface area contributed by atoms with Gasteiger partial charge in [-0.3, -0.25) is 4.79 Å². The lowest BCUT2D eigenvalue weighted by Crippen LogP contribution is -2.25. The van der Waals surface area contributed by atoms with Gasteiger partial charge in [-0.2, -0.15) is 0 Å². The lowest BCUT2D eigenvalue weighted by molar-refractivity contribution is -0.141. The lowest BCUT2D eigenvalue weighted by atomic mass is 10.0. The molecule has 4 rings (SSSR count). The van der Waals surface area contributed by atoms with E-state index in [0.29, 0.717) is 48.3 Å². The first-order valence-electron chi connectivity index (χ1n) is 12.9. The van der Waals surface area contributed by atoms with Crippen LogP contribution in [0.4, 0.5) is 4.39 Å². The molecule has 1 aliphatic heterocycles. The fourth-order valence-corrected chi connectivity index (χ4v) is 4.37. The van der Waals surface area contributed by atoms with E-state index < -0.39 is 17.9 Å². The van der Waals surface area contributed by atoms with E-state index in [1.54, 1.807) is 48.5 Å². The van der Waals surface area contributed by atoms with Crippen molar-refractivity contribution in [3.63, 3.8) is 0 Å². The lowest BCUT2D eigenvalue weighted by Gasteiger charge is -2.17. The Morgan fingerprint density at radius 1 is 1.13 bits per heavy atom. The number of ether oxygens (including phenoxy) is 5. The van der Waals surface area contributed by atoms with Crippen LogP contribution in [0, 0.1) is 12.7 Å². The summed E-state index contributed by atoms with van der Waals surface area (Å²) < 4.78 is 43.4. The molecule has 1 aliphatic rings. The van der Waals surface area contributed by atoms with Crippen LogP contribution in [0.3, 0.4) is 0 Å². The number of halogens is 1. The molecule has 3 aromatic rings. The van der Waals surface area contributed by atoms with Gasteiger partial charge in [-0.15, -0.1) is 0 Å². The minimum Gasteiger partial charge on any atom is -0.489 e. The summed E-state index contributed by atoms with van der Waals surface area (Å²) in [6.45, 7) is 8.75. The maximum atomic E-state index is 14.8. The molecule has 1 saturated heterocycles. The number of carboxylic acids is 1. The first kappa shape index (κ1) is 28.5. The van der Waals surface area contributed by atoms with E-state index in [-0.39, 0.29) is 24.9 Å². The van der Waals surface area contributed by atoms with E-state index in [4.69, 9.17) is 28.8 Å². The Morgan fingerprint density at radius 3 is 2.54 bits per heavy atom. The van der Waals surface area contributed by atoms with Gasteiger partial charge in [-0.25, -0.2) is 9.37 Å². The number of benzene rings is 2. The Bertz CT molecular complexity index is 1280. The van der Waals surface area contributed by atoms with Gasteiger partial charge in [0.2, 0.25) is 5.88 Å². The van der Waals surface area contributed by atoms with Crippen LogP contribution in [0.2, 0.25) is 0 Å². The highest BCUT2D eigenvalue weighted by molar-refractivity contribution is 5.68. The number of rotatable bonds is 12. The SMILES string of the molecule is CCO[C@@H](CC(=O)O)c1ccc(OCc2ccc(F)c(-c3ccc(OC[C@H]4COC(C)(C)O4)nc3C)c2)cc1. The topological polar surface area (TPSA) is 96.3 Å². The van der Waals surface area contributed by atoms with E-state index in [9.17, 15) is 9.18 Å². The summed E-state index contributed by atoms with van der Waals surface area (Å²) in [6, 6.07) is 15.5. The van der Waals surface area contributed by atoms with Gasteiger partial charge in [0.25, 0.3) is 0 Å². The molecule has 0 bridgehead atoms. The summed E-state index contributed by atoms with van der Waals surface area (Å²) in [6.07, 6.45) is -0.814. The molecule has 0 spiro atoms. The fourth-order valence-electron chi connectivity index (χ4n) is 4.37. The van der Waals surface area contributed by atoms with Crippen LogP contribution in [0.15, 0.2) is 54.6 Å². The second-order valence-corrected chi connectivity index (χ2v) is 9.76. The monoisotopic (exact) mass is 539 g/mol. The molecule has 1 N–H and O–H groups in total. The van der Waals surface area contributed by atoms with Crippen molar-refractivity contribution >= 4 is 5.97 Å². The molecule has 0 unspecified atom stereocenters. The van der Waals surface area contributed by atoms with E-state index in [1.165, 1.54) is 6.07 Å². The van der Waals surface area contributed by atoms with Crippen LogP contribution in [0.25, 0.3) is 11.1 Å². The zero-order valence-corrected chi connectivity index (χ0v) is 22.6. The van der Waals surface area contributed by atoms with Crippen LogP contribution in [-0.4, -0.2) is 47.8 Å². The number of nitrogens with zero attached hydrogens (tertiary/aromatic N) is 1. The zero-order valence-electron chi connectivity index (χ0n) is 22.6. The molecule has 208 valence electrons. The molecule has 0 radical (unpaired) electrons. The van der Waals surface area contributed by atoms with Crippen molar-refractivity contribution in [3.05, 3.63) is 77.2 Å². The third-order valence-corrected chi connectivity index (χ3v) is 6.25. The van der Waals surface area contributed by atoms with Crippen molar-refractivity contribution in [3.8, 4) is 22.8 Å². The highest BCUT2D eigenvalue weighted by Crippen LogP contribution is 2.30. The Labute approximate surface area is 227 Å². The standard InChI is InChI=1S/C30H34FNO7/c1-5-35-27(15-29(33)34)21-7-9-22(10-8-21)36-16-20-6-12-26(31)25(14-20)24-11-13-28(32-19(24)2)37-17-23-18-38-30(3,4)39-23/h6-14,23,27H,5,15-18H2,1-4H3,(H,33,34)/t23-,27-/m0/s1. The predicted molar refractivity (Wildman–Crippen MR) is 142 cm³/mol. The molecule has 1 fully saturated rings. The smallest absolute Gasteiger partial charge is 0.306 e. The van der Waals surface area contributed by atoms with Crippen LogP contribution >= 0.6 is 0 Å². The van der Waals surface area contributed by atoms with E-state index >= 15 is 0 Å². The van der Waals surface area contributed by atoms with E-state index in [0.717, 1.165) is 11.1 Å². The molecule has 2 aromatic carbocycles. The van der Waals surface area contributed by atoms with Crippen LogP contribution in [0.1, 0.15) is 50.1 Å². The van der Waals surface area contributed by atoms with Crippen LogP contribution < -0.4 is 9.47 Å². The van der Waals surface area contributed by atoms with Crippen LogP contribution in [0.5, 0.6) is 11.6 Å². The van der Waals surface area contributed by atoms with Gasteiger partial charge in [0.05, 0.1) is 19.1 Å². The molecular formula is C30H34FNO7. The van der Waals surface area contributed by atoms with Crippen LogP contribution in [-0.2, 0) is 25.6 Å². The Hall–Kier alpha value is -3.53. The zero-order chi connectivity index (χ0) is 28.0. The quantitative estimate of drug-likeness (QED) is 0.306. The number of pyridine rings is 1. The summed E-state index contributed by atoms with van der Waals surface area (Å²) in [7, 11) is 0. The molecule has 2 heterocycles. The summed E-state index contributed by atoms with van der Waals surface area (Å²) in [5.74, 6) is -0.865. The number of hydrogen-bond acceptors (Lipinski definition) is 7. The fraction of sp³-hybridized carbons (Fsp3) is 0.400. The predicted octanol–water partition coefficient (Wildman–Crippen LogP) is 5.86. The van der Waals surface area contributed by atoms with Crippen molar-refractivity contribution in [1.82, 2.24) is 4.98 Å². The average Bonchev–Trinajstić information content (AvgIpc) is 3.25. The number of aliphatic carboxylic acids is 1. The van der Waals surface area contributed by atoms with Gasteiger partial charge in [0.1, 0.15) is 30.9 Å². The molecule has 8 nitrogen and oxygen atoms in total. The normalized spacial score (nSPS) is 17.1. The maximum absolute atomic E-state index is 14.8. The van der Waals surface area contributed by atoms with Gasteiger partial charge in [0, 0.05) is 29.5 Å². The van der Waals surface area contributed by atoms with Crippen molar-refractivity contribution < 1.29 is 38.0 Å². The highest BCUT2D eigenvalue weighted by Gasteiger charge is 2.33. The maximum Gasteiger partial charge on any atom is 0.306 e. The van der Waals surface area contributed by atoms with E-state index in [2.05, 4.69) is 4.98 Å². The Balaban J connectivity index is 1.39. The minimum absolute atomic E-state index is 0.115. The molecule has 1 aromatic heterocycles. The summed E-state index contributed by atoms with van der Waals surface area (Å²) in [5, 5.41) is 9.12. The third kappa shape index (κ3) is 7.75. The molecule has 0 amide bonds. The molecule has 39 heavy (non-hydrogen) atoms. The number of carbonyl (C=O) groups is 1. The summed E-state index contributed by atoms with van der Waals surface area (Å²) in [4.78, 5) is 15.6. The first-order valence-corrected chi connectivity index (χ1v) is 12.9. The summed E-state index contributed by atoms with van der Waals surface area (Å²) in [5.41, 5.74) is 3.26. The summed E-state index contributed by atoms with van der Waals surface area (Å²) >= 11 is 0. The second-order valence-electron chi connectivity index (χ2n) is 9.76. The Kier molecular flexibility index (Phi) is 9.16. The molecule has 2 atom stereocenters. The molecular weight excluding hydrogens is 505 g/mol. The molecule has 0 saturated carbocycles. The highest BCUT2D eigenvalue weighted by atomic mass is 19.1. The van der Waals surface area contributed by atoms with Crippen molar-refractivity contribution in [2.75, 3.05) is 19.8 Å². The second kappa shape index (κ2) is 12.5. The van der Waals surface area contributed by atoms with Gasteiger partial charge >= 0.3 is 5.97 Å². The number of hydrogen-bond donors (Lipinski definition) is 1. The van der Waals surface area contributed by atoms with Crippen molar-refractivity contribution in [2.24, 2.45) is 0 Å². The minimum atomic E-state index is -0.925. The van der Waals surface area contributed by atoms with Gasteiger partial charge in [-0.05, 0) is 69.2 Å². The molecule has 9 heteroatoms. The van der Waals surface area contributed by atoms with Crippen molar-refractivity contribution in [2.45, 2.75) is 58.7 Å². The van der Waals surface area contributed by atoms with Gasteiger partial charge < -0.3 is 28.8 Å². The van der Waals surface area contributed by atoms with Crippen molar-refractivity contribution in [1.29, 1.82) is 0 Å². The first-order chi connectivity index (χ1) is 18.6. The van der Waals surface area contributed by atoms with Gasteiger partial charge in [0.15, 0.2) is 5.79 Å². The molecule has 0 aliphatic carbocycles. The largest absolute Gasteiger partial charge is 0.489 e. The number of aryl methyl sites for hydroxylation is 1. The number of carboxylic acid groups (broad SMARTS) is 1.